The number of amides is 1. The molecule has 0 radical (unpaired) electrons. The maximum Gasteiger partial charge on any atom is 0.209 e. The second-order valence-corrected chi connectivity index (χ2v) is 2.44. The number of nitrogens with zero attached hydrogens (tertiary/aromatic N) is 1. The van der Waals surface area contributed by atoms with Gasteiger partial charge in [0.15, 0.2) is 0 Å². The van der Waals surface area contributed by atoms with Crippen molar-refractivity contribution < 1.29 is 9.90 Å². The lowest BCUT2D eigenvalue weighted by Crippen LogP contribution is -2.18. The van der Waals surface area contributed by atoms with Crippen molar-refractivity contribution in [2.45, 2.75) is 6.42 Å². The highest BCUT2D eigenvalue weighted by Crippen LogP contribution is 2.12. The van der Waals surface area contributed by atoms with Gasteiger partial charge in [0.05, 0.1) is 0 Å². The minimum atomic E-state index is 0. The number of likely N-dealkylation sites (tertiary alicyclic amines) is 1. The Labute approximate surface area is 66.4 Å². The van der Waals surface area contributed by atoms with Gasteiger partial charge in [-0.05, 0) is 6.42 Å². The van der Waals surface area contributed by atoms with E-state index in [0.717, 1.165) is 25.9 Å². The van der Waals surface area contributed by atoms with Gasteiger partial charge < -0.3 is 10.0 Å². The second kappa shape index (κ2) is 4.52. The number of carbonyl (C=O) groups excluding carboxylic acids is 1. The van der Waals surface area contributed by atoms with Gasteiger partial charge in [-0.25, -0.2) is 0 Å². The lowest BCUT2D eigenvalue weighted by atomic mass is 10.1. The molecule has 0 bridgehead atoms. The number of hydrogen-bond acceptors (Lipinski definition) is 2. The van der Waals surface area contributed by atoms with E-state index in [0.29, 0.717) is 5.92 Å². The summed E-state index contributed by atoms with van der Waals surface area (Å²) in [5.41, 5.74) is 0. The molecule has 0 unspecified atom stereocenters. The molecule has 1 aliphatic heterocycles. The molecular weight excluding hydrogens is 154 g/mol. The van der Waals surface area contributed by atoms with Gasteiger partial charge in [0.25, 0.3) is 0 Å². The topological polar surface area (TPSA) is 40.5 Å². The van der Waals surface area contributed by atoms with Crippen LogP contribution in [0.4, 0.5) is 0 Å². The Morgan fingerprint density at radius 2 is 2.40 bits per heavy atom. The average Bonchev–Trinajstić information content (AvgIpc) is 2.34. The molecule has 1 fully saturated rings. The maximum atomic E-state index is 10.1. The first-order valence-corrected chi connectivity index (χ1v) is 3.17. The summed E-state index contributed by atoms with van der Waals surface area (Å²) in [5.74, 6) is 0.329. The SMILES string of the molecule is Cl.O=CN1CC[C@H](CO)C1. The molecule has 0 spiro atoms. The Kier molecular flexibility index (Phi) is 4.40. The van der Waals surface area contributed by atoms with E-state index in [1.165, 1.54) is 0 Å². The van der Waals surface area contributed by atoms with Crippen LogP contribution < -0.4 is 0 Å². The van der Waals surface area contributed by atoms with E-state index >= 15 is 0 Å². The van der Waals surface area contributed by atoms with E-state index in [1.807, 2.05) is 0 Å². The zero-order valence-electron chi connectivity index (χ0n) is 5.69. The fraction of sp³-hybridized carbons (Fsp3) is 0.833. The smallest absolute Gasteiger partial charge is 0.209 e. The zero-order chi connectivity index (χ0) is 6.69. The van der Waals surface area contributed by atoms with Crippen LogP contribution in [0, 0.1) is 5.92 Å². The van der Waals surface area contributed by atoms with E-state index in [4.69, 9.17) is 5.11 Å². The predicted octanol–water partition coefficient (Wildman–Crippen LogP) is -0.121. The summed E-state index contributed by atoms with van der Waals surface area (Å²) in [5, 5.41) is 8.64. The van der Waals surface area contributed by atoms with E-state index in [1.54, 1.807) is 4.90 Å². The van der Waals surface area contributed by atoms with Crippen molar-refractivity contribution in [2.24, 2.45) is 5.92 Å². The third-order valence-corrected chi connectivity index (χ3v) is 1.72. The molecule has 1 atom stereocenters. The lowest BCUT2D eigenvalue weighted by Gasteiger charge is -2.06. The Morgan fingerprint density at radius 1 is 1.70 bits per heavy atom. The van der Waals surface area contributed by atoms with Gasteiger partial charge in [-0.3, -0.25) is 4.79 Å². The highest BCUT2D eigenvalue weighted by atomic mass is 35.5. The van der Waals surface area contributed by atoms with Crippen LogP contribution in [0.3, 0.4) is 0 Å². The van der Waals surface area contributed by atoms with Crippen molar-refractivity contribution in [1.82, 2.24) is 4.90 Å². The summed E-state index contributed by atoms with van der Waals surface area (Å²) in [6, 6.07) is 0. The van der Waals surface area contributed by atoms with Gasteiger partial charge in [-0.2, -0.15) is 0 Å². The molecule has 0 aromatic rings. The highest BCUT2D eigenvalue weighted by Gasteiger charge is 2.19. The highest BCUT2D eigenvalue weighted by molar-refractivity contribution is 5.85. The Balaban J connectivity index is 0.000000810. The fourth-order valence-corrected chi connectivity index (χ4v) is 1.11. The number of rotatable bonds is 2. The molecule has 1 heterocycles. The van der Waals surface area contributed by atoms with E-state index in [9.17, 15) is 4.79 Å². The number of aliphatic hydroxyl groups excluding tert-OH is 1. The van der Waals surface area contributed by atoms with Crippen LogP contribution in [0.5, 0.6) is 0 Å². The number of aliphatic hydroxyl groups is 1. The number of halogens is 1. The van der Waals surface area contributed by atoms with Crippen LogP contribution in [0.25, 0.3) is 0 Å². The molecule has 4 heteroatoms. The van der Waals surface area contributed by atoms with Crippen LogP contribution in [0.2, 0.25) is 0 Å². The third kappa shape index (κ3) is 2.15. The molecule has 1 N–H and O–H groups in total. The van der Waals surface area contributed by atoms with E-state index in [2.05, 4.69) is 0 Å². The normalized spacial score (nSPS) is 24.1. The molecule has 1 aliphatic rings. The first-order valence-electron chi connectivity index (χ1n) is 3.17. The molecule has 0 aromatic heterocycles. The van der Waals surface area contributed by atoms with Crippen LogP contribution >= 0.6 is 12.4 Å². The summed E-state index contributed by atoms with van der Waals surface area (Å²) in [4.78, 5) is 11.8. The van der Waals surface area contributed by atoms with Crippen molar-refractivity contribution in [1.29, 1.82) is 0 Å². The summed E-state index contributed by atoms with van der Waals surface area (Å²) >= 11 is 0. The summed E-state index contributed by atoms with van der Waals surface area (Å²) in [6.07, 6.45) is 1.80. The largest absolute Gasteiger partial charge is 0.396 e. The first kappa shape index (κ1) is 9.72. The summed E-state index contributed by atoms with van der Waals surface area (Å²) in [6.45, 7) is 1.76. The maximum absolute atomic E-state index is 10.1. The van der Waals surface area contributed by atoms with Gasteiger partial charge in [0, 0.05) is 25.6 Å². The van der Waals surface area contributed by atoms with Gasteiger partial charge in [-0.15, -0.1) is 12.4 Å². The minimum Gasteiger partial charge on any atom is -0.396 e. The second-order valence-electron chi connectivity index (χ2n) is 2.44. The van der Waals surface area contributed by atoms with Gasteiger partial charge in [-0.1, -0.05) is 0 Å². The first-order chi connectivity index (χ1) is 4.36. The molecule has 0 saturated carbocycles. The Bertz CT molecular complexity index is 110. The quantitative estimate of drug-likeness (QED) is 0.580. The van der Waals surface area contributed by atoms with Crippen LogP contribution in [-0.4, -0.2) is 36.1 Å². The van der Waals surface area contributed by atoms with Crippen molar-refractivity contribution in [2.75, 3.05) is 19.7 Å². The molecule has 10 heavy (non-hydrogen) atoms. The Morgan fingerprint density at radius 3 is 2.70 bits per heavy atom. The molecule has 60 valence electrons. The van der Waals surface area contributed by atoms with Gasteiger partial charge in [0.1, 0.15) is 0 Å². The number of carbonyl (C=O) groups is 1. The van der Waals surface area contributed by atoms with Crippen molar-refractivity contribution in [3.63, 3.8) is 0 Å². The molecule has 3 nitrogen and oxygen atoms in total. The van der Waals surface area contributed by atoms with Crippen LogP contribution in [-0.2, 0) is 4.79 Å². The summed E-state index contributed by atoms with van der Waals surface area (Å²) < 4.78 is 0. The Hall–Kier alpha value is -0.280. The molecule has 0 aromatic carbocycles. The third-order valence-electron chi connectivity index (χ3n) is 1.72. The van der Waals surface area contributed by atoms with Crippen molar-refractivity contribution in [3.05, 3.63) is 0 Å². The molecule has 0 aliphatic carbocycles. The standard InChI is InChI=1S/C6H11NO2.ClH/c8-4-6-1-2-7(3-6)5-9;/h5-6,8H,1-4H2;1H/t6-;/m0./s1. The molecule has 1 amide bonds. The average molecular weight is 166 g/mol. The molecule has 1 rings (SSSR count). The van der Waals surface area contributed by atoms with E-state index < -0.39 is 0 Å². The fourth-order valence-electron chi connectivity index (χ4n) is 1.11. The van der Waals surface area contributed by atoms with Gasteiger partial charge in [0.2, 0.25) is 6.41 Å². The van der Waals surface area contributed by atoms with E-state index in [-0.39, 0.29) is 19.0 Å². The lowest BCUT2D eigenvalue weighted by molar-refractivity contribution is -0.117. The van der Waals surface area contributed by atoms with Gasteiger partial charge >= 0.3 is 0 Å². The predicted molar refractivity (Wildman–Crippen MR) is 40.1 cm³/mol. The minimum absolute atomic E-state index is 0. The molecular formula is C6H12ClNO2. The monoisotopic (exact) mass is 165 g/mol. The zero-order valence-corrected chi connectivity index (χ0v) is 6.51. The van der Waals surface area contributed by atoms with Crippen LogP contribution in [0.15, 0.2) is 0 Å². The number of hydrogen-bond donors (Lipinski definition) is 1. The van der Waals surface area contributed by atoms with Crippen molar-refractivity contribution >= 4 is 18.8 Å². The molecule has 1 saturated heterocycles. The summed E-state index contributed by atoms with van der Waals surface area (Å²) in [7, 11) is 0. The van der Waals surface area contributed by atoms with Crippen molar-refractivity contribution in [3.8, 4) is 0 Å². The van der Waals surface area contributed by atoms with Crippen LogP contribution in [0.1, 0.15) is 6.42 Å².